The smallest absolute Gasteiger partial charge is 0.241 e. The molecule has 0 bridgehead atoms. The largest absolute Gasteiger partial charge is 0.505 e. The first-order valence-electron chi connectivity index (χ1n) is 3.04. The van der Waals surface area contributed by atoms with Crippen molar-refractivity contribution in [2.45, 2.75) is 4.90 Å². The second-order valence-electron chi connectivity index (χ2n) is 2.25. The van der Waals surface area contributed by atoms with Crippen molar-refractivity contribution in [3.8, 4) is 5.75 Å². The Morgan fingerprint density at radius 3 is 2.31 bits per heavy atom. The van der Waals surface area contributed by atoms with E-state index in [4.69, 9.17) is 28.3 Å². The first kappa shape index (κ1) is 10.6. The Balaban J connectivity index is 3.53. The highest BCUT2D eigenvalue weighted by atomic mass is 35.5. The number of phenols is 1. The van der Waals surface area contributed by atoms with Gasteiger partial charge in [0.25, 0.3) is 0 Å². The first-order chi connectivity index (χ1) is 5.84. The van der Waals surface area contributed by atoms with Gasteiger partial charge in [0.15, 0.2) is 5.75 Å². The molecule has 0 saturated carbocycles. The molecule has 7 heteroatoms. The molecule has 0 radical (unpaired) electrons. The molecule has 0 atom stereocenters. The normalized spacial score (nSPS) is 11.6. The monoisotopic (exact) mass is 241 g/mol. The summed E-state index contributed by atoms with van der Waals surface area (Å²) in [5, 5.41) is 13.9. The third-order valence-electron chi connectivity index (χ3n) is 1.34. The van der Waals surface area contributed by atoms with E-state index in [9.17, 15) is 13.5 Å². The van der Waals surface area contributed by atoms with E-state index in [2.05, 4.69) is 0 Å². The van der Waals surface area contributed by atoms with Crippen LogP contribution in [0.3, 0.4) is 0 Å². The third-order valence-corrected chi connectivity index (χ3v) is 3.08. The molecule has 0 spiro atoms. The third kappa shape index (κ3) is 2.05. The van der Waals surface area contributed by atoms with Gasteiger partial charge in [-0.1, -0.05) is 23.2 Å². The fourth-order valence-electron chi connectivity index (χ4n) is 0.752. The Labute approximate surface area is 84.9 Å². The van der Waals surface area contributed by atoms with Crippen molar-refractivity contribution < 1.29 is 13.5 Å². The van der Waals surface area contributed by atoms with Crippen LogP contribution >= 0.6 is 23.2 Å². The number of halogens is 2. The van der Waals surface area contributed by atoms with E-state index >= 15 is 0 Å². The number of benzene rings is 1. The molecule has 3 N–H and O–H groups in total. The predicted octanol–water partition coefficient (Wildman–Crippen LogP) is 1.35. The van der Waals surface area contributed by atoms with Crippen LogP contribution < -0.4 is 5.14 Å². The molecule has 13 heavy (non-hydrogen) atoms. The fourth-order valence-corrected chi connectivity index (χ4v) is 1.75. The molecule has 0 heterocycles. The molecule has 0 aliphatic carbocycles. The molecular weight excluding hydrogens is 237 g/mol. The topological polar surface area (TPSA) is 80.4 Å². The average molecular weight is 242 g/mol. The molecule has 0 saturated heterocycles. The van der Waals surface area contributed by atoms with Crippen molar-refractivity contribution in [3.63, 3.8) is 0 Å². The van der Waals surface area contributed by atoms with Crippen molar-refractivity contribution in [2.75, 3.05) is 0 Å². The maximum absolute atomic E-state index is 10.8. The van der Waals surface area contributed by atoms with E-state index < -0.39 is 20.7 Å². The van der Waals surface area contributed by atoms with Gasteiger partial charge in [-0.2, -0.15) is 0 Å². The maximum Gasteiger partial charge on any atom is 0.241 e. The van der Waals surface area contributed by atoms with Crippen LogP contribution in [-0.2, 0) is 10.0 Å². The molecule has 0 unspecified atom stereocenters. The summed E-state index contributed by atoms with van der Waals surface area (Å²) < 4.78 is 21.7. The minimum absolute atomic E-state index is 0.0616. The van der Waals surface area contributed by atoms with E-state index in [1.807, 2.05) is 0 Å². The van der Waals surface area contributed by atoms with Gasteiger partial charge in [0.05, 0.1) is 5.02 Å². The predicted molar refractivity (Wildman–Crippen MR) is 49.5 cm³/mol. The Morgan fingerprint density at radius 1 is 1.31 bits per heavy atom. The van der Waals surface area contributed by atoms with E-state index in [0.717, 1.165) is 6.07 Å². The van der Waals surface area contributed by atoms with Gasteiger partial charge in [0.1, 0.15) is 9.92 Å². The zero-order valence-corrected chi connectivity index (χ0v) is 8.49. The summed E-state index contributed by atoms with van der Waals surface area (Å²) >= 11 is 11.0. The van der Waals surface area contributed by atoms with Crippen molar-refractivity contribution >= 4 is 33.2 Å². The van der Waals surface area contributed by atoms with Gasteiger partial charge in [-0.3, -0.25) is 0 Å². The average Bonchev–Trinajstić information content (AvgIpc) is 1.98. The van der Waals surface area contributed by atoms with Crippen LogP contribution in [0.5, 0.6) is 5.75 Å². The summed E-state index contributed by atoms with van der Waals surface area (Å²) in [5.41, 5.74) is 0. The van der Waals surface area contributed by atoms with Crippen LogP contribution in [0.25, 0.3) is 0 Å². The van der Waals surface area contributed by atoms with Gasteiger partial charge in [0.2, 0.25) is 10.0 Å². The van der Waals surface area contributed by atoms with Gasteiger partial charge in [-0.05, 0) is 12.1 Å². The van der Waals surface area contributed by atoms with Gasteiger partial charge < -0.3 is 5.11 Å². The SMILES string of the molecule is NS(=O)(=O)c1ccc(Cl)c(Cl)c1O. The lowest BCUT2D eigenvalue weighted by Gasteiger charge is -2.04. The molecule has 0 aliphatic heterocycles. The summed E-state index contributed by atoms with van der Waals surface area (Å²) in [4.78, 5) is -0.443. The Morgan fingerprint density at radius 2 is 1.85 bits per heavy atom. The first-order valence-corrected chi connectivity index (χ1v) is 5.34. The molecule has 4 nitrogen and oxygen atoms in total. The number of nitrogens with two attached hydrogens (primary N) is 1. The number of hydrogen-bond donors (Lipinski definition) is 2. The zero-order valence-electron chi connectivity index (χ0n) is 6.16. The molecule has 1 aromatic rings. The van der Waals surface area contributed by atoms with Crippen molar-refractivity contribution in [1.82, 2.24) is 0 Å². The summed E-state index contributed by atoms with van der Waals surface area (Å²) in [7, 11) is -3.97. The van der Waals surface area contributed by atoms with Crippen LogP contribution in [0.2, 0.25) is 10.0 Å². The second kappa shape index (κ2) is 3.34. The van der Waals surface area contributed by atoms with Crippen LogP contribution in [0.4, 0.5) is 0 Å². The number of sulfonamides is 1. The van der Waals surface area contributed by atoms with Gasteiger partial charge in [-0.15, -0.1) is 0 Å². The Kier molecular flexibility index (Phi) is 2.72. The number of phenolic OH excluding ortho intramolecular Hbond substituents is 1. The molecular formula is C6H5Cl2NO3S. The number of aromatic hydroxyl groups is 1. The van der Waals surface area contributed by atoms with Crippen molar-refractivity contribution in [3.05, 3.63) is 22.2 Å². The standard InChI is InChI=1S/C6H5Cl2NO3S/c7-3-1-2-4(13(9,11)12)6(10)5(3)8/h1-2,10H,(H2,9,11,12). The molecule has 0 aliphatic rings. The Bertz CT molecular complexity index is 443. The lowest BCUT2D eigenvalue weighted by molar-refractivity contribution is 0.459. The summed E-state index contributed by atoms with van der Waals surface area (Å²) in [6.07, 6.45) is 0. The minimum Gasteiger partial charge on any atom is -0.505 e. The fraction of sp³-hybridized carbons (Fsp3) is 0. The molecule has 1 rings (SSSR count). The van der Waals surface area contributed by atoms with E-state index in [1.54, 1.807) is 0 Å². The highest BCUT2D eigenvalue weighted by molar-refractivity contribution is 7.89. The summed E-state index contributed by atoms with van der Waals surface area (Å²) in [6.45, 7) is 0. The number of primary sulfonamides is 1. The lowest BCUT2D eigenvalue weighted by Crippen LogP contribution is -2.12. The van der Waals surface area contributed by atoms with Crippen molar-refractivity contribution in [1.29, 1.82) is 0 Å². The van der Waals surface area contributed by atoms with E-state index in [1.165, 1.54) is 6.07 Å². The van der Waals surface area contributed by atoms with Crippen LogP contribution in [0.15, 0.2) is 17.0 Å². The molecule has 1 aromatic carbocycles. The number of hydrogen-bond acceptors (Lipinski definition) is 3. The maximum atomic E-state index is 10.8. The highest BCUT2D eigenvalue weighted by Crippen LogP contribution is 2.35. The van der Waals surface area contributed by atoms with Gasteiger partial charge >= 0.3 is 0 Å². The zero-order chi connectivity index (χ0) is 10.2. The minimum atomic E-state index is -3.97. The number of rotatable bonds is 1. The van der Waals surface area contributed by atoms with Crippen LogP contribution in [0, 0.1) is 0 Å². The second-order valence-corrected chi connectivity index (χ2v) is 4.57. The quantitative estimate of drug-likeness (QED) is 0.779. The molecule has 0 aromatic heterocycles. The lowest BCUT2D eigenvalue weighted by atomic mass is 10.3. The van der Waals surface area contributed by atoms with E-state index in [0.29, 0.717) is 0 Å². The molecule has 0 fully saturated rings. The van der Waals surface area contributed by atoms with Crippen molar-refractivity contribution in [2.24, 2.45) is 5.14 Å². The van der Waals surface area contributed by atoms with Crippen LogP contribution in [0.1, 0.15) is 0 Å². The van der Waals surface area contributed by atoms with E-state index in [-0.39, 0.29) is 10.0 Å². The molecule has 0 amide bonds. The summed E-state index contributed by atoms with van der Waals surface area (Å²) in [6, 6.07) is 2.32. The Hall–Kier alpha value is -0.490. The summed E-state index contributed by atoms with van der Waals surface area (Å²) in [5.74, 6) is -0.628. The van der Waals surface area contributed by atoms with Gasteiger partial charge in [-0.25, -0.2) is 13.6 Å². The highest BCUT2D eigenvalue weighted by Gasteiger charge is 2.17. The van der Waals surface area contributed by atoms with Gasteiger partial charge in [0, 0.05) is 0 Å². The molecule has 72 valence electrons. The van der Waals surface area contributed by atoms with Crippen LogP contribution in [-0.4, -0.2) is 13.5 Å².